The van der Waals surface area contributed by atoms with E-state index in [1.54, 1.807) is 55.5 Å². The number of halogens is 2. The van der Waals surface area contributed by atoms with Gasteiger partial charge in [0.15, 0.2) is 0 Å². The van der Waals surface area contributed by atoms with Crippen molar-refractivity contribution in [3.8, 4) is 0 Å². The highest BCUT2D eigenvalue weighted by atomic mass is 35.5. The zero-order valence-electron chi connectivity index (χ0n) is 22.4. The minimum Gasteiger partial charge on any atom is -0.352 e. The van der Waals surface area contributed by atoms with Crippen molar-refractivity contribution >= 4 is 39.1 Å². The average Bonchev–Trinajstić information content (AvgIpc) is 2.91. The molecule has 3 aromatic rings. The summed E-state index contributed by atoms with van der Waals surface area (Å²) in [5.74, 6) is -1.56. The molecule has 0 aliphatic heterocycles. The molecule has 208 valence electrons. The van der Waals surface area contributed by atoms with Crippen LogP contribution in [-0.4, -0.2) is 43.8 Å². The first kappa shape index (κ1) is 30.1. The van der Waals surface area contributed by atoms with Crippen LogP contribution in [0.3, 0.4) is 0 Å². The van der Waals surface area contributed by atoms with Gasteiger partial charge in [-0.2, -0.15) is 0 Å². The number of benzene rings is 3. The van der Waals surface area contributed by atoms with Crippen LogP contribution in [0.4, 0.5) is 10.1 Å². The molecular weight excluding hydrogens is 541 g/mol. The van der Waals surface area contributed by atoms with Crippen molar-refractivity contribution in [1.29, 1.82) is 0 Å². The maximum Gasteiger partial charge on any atom is 0.264 e. The van der Waals surface area contributed by atoms with Crippen LogP contribution in [0.25, 0.3) is 0 Å². The van der Waals surface area contributed by atoms with Gasteiger partial charge in [0, 0.05) is 17.6 Å². The first-order chi connectivity index (χ1) is 18.4. The molecule has 0 spiro atoms. The summed E-state index contributed by atoms with van der Waals surface area (Å²) >= 11 is 6.37. The summed E-state index contributed by atoms with van der Waals surface area (Å²) in [5.41, 5.74) is 1.77. The molecular formula is C29H33ClFN3O4S. The highest BCUT2D eigenvalue weighted by molar-refractivity contribution is 7.92. The van der Waals surface area contributed by atoms with E-state index in [2.05, 4.69) is 5.32 Å². The lowest BCUT2D eigenvalue weighted by Crippen LogP contribution is -2.52. The van der Waals surface area contributed by atoms with Crippen molar-refractivity contribution in [1.82, 2.24) is 10.2 Å². The van der Waals surface area contributed by atoms with Crippen molar-refractivity contribution in [2.45, 2.75) is 57.6 Å². The lowest BCUT2D eigenvalue weighted by atomic mass is 10.1. The lowest BCUT2D eigenvalue weighted by molar-refractivity contribution is -0.139. The Labute approximate surface area is 234 Å². The number of carbonyl (C=O) groups is 2. The van der Waals surface area contributed by atoms with Gasteiger partial charge in [0.25, 0.3) is 10.0 Å². The average molecular weight is 574 g/mol. The van der Waals surface area contributed by atoms with Gasteiger partial charge in [0.05, 0.1) is 10.6 Å². The Hall–Kier alpha value is -3.43. The van der Waals surface area contributed by atoms with Crippen LogP contribution in [0.5, 0.6) is 0 Å². The number of aryl methyl sites for hydroxylation is 1. The summed E-state index contributed by atoms with van der Waals surface area (Å²) in [7, 11) is -4.27. The molecule has 1 N–H and O–H groups in total. The van der Waals surface area contributed by atoms with E-state index in [4.69, 9.17) is 11.6 Å². The van der Waals surface area contributed by atoms with E-state index in [-0.39, 0.29) is 29.1 Å². The number of hydrogen-bond acceptors (Lipinski definition) is 4. The number of anilines is 1. The third-order valence-electron chi connectivity index (χ3n) is 6.47. The first-order valence-corrected chi connectivity index (χ1v) is 14.4. The third kappa shape index (κ3) is 7.58. The lowest BCUT2D eigenvalue weighted by Gasteiger charge is -2.32. The molecule has 2 atom stereocenters. The number of rotatable bonds is 11. The van der Waals surface area contributed by atoms with Crippen molar-refractivity contribution in [3.63, 3.8) is 0 Å². The molecule has 0 radical (unpaired) electrons. The smallest absolute Gasteiger partial charge is 0.264 e. The van der Waals surface area contributed by atoms with E-state index in [0.717, 1.165) is 34.1 Å². The Morgan fingerprint density at radius 3 is 2.18 bits per heavy atom. The molecule has 10 heteroatoms. The topological polar surface area (TPSA) is 86.8 Å². The summed E-state index contributed by atoms with van der Waals surface area (Å²) in [5, 5.41) is 3.30. The number of sulfonamides is 1. The van der Waals surface area contributed by atoms with E-state index in [0.29, 0.717) is 17.0 Å². The van der Waals surface area contributed by atoms with E-state index in [9.17, 15) is 22.4 Å². The number of carbonyl (C=O) groups excluding carboxylic acids is 2. The maximum absolute atomic E-state index is 13.9. The standard InChI is InChI=1S/C29H33ClFN3O4S/c1-5-21(3)32-29(36)22(4)33(18-23-8-6-7-9-27(23)30)28(35)19-34(25-14-10-20(2)11-15-25)39(37,38)26-16-12-24(31)13-17-26/h6-17,21-22H,5,18-19H2,1-4H3,(H,32,36)/t21-,22+/m1/s1. The third-order valence-corrected chi connectivity index (χ3v) is 8.63. The Morgan fingerprint density at radius 2 is 1.59 bits per heavy atom. The number of amides is 2. The van der Waals surface area contributed by atoms with Gasteiger partial charge in [0.1, 0.15) is 18.4 Å². The molecule has 0 saturated heterocycles. The molecule has 0 fully saturated rings. The Kier molecular flexibility index (Phi) is 10.1. The number of nitrogens with one attached hydrogen (secondary N) is 1. The molecule has 0 heterocycles. The van der Waals surface area contributed by atoms with E-state index in [1.807, 2.05) is 20.8 Å². The first-order valence-electron chi connectivity index (χ1n) is 12.6. The predicted octanol–water partition coefficient (Wildman–Crippen LogP) is 5.31. The summed E-state index contributed by atoms with van der Waals surface area (Å²) in [4.78, 5) is 28.1. The van der Waals surface area contributed by atoms with Crippen molar-refractivity contribution in [3.05, 3.63) is 94.8 Å². The molecule has 2 amide bonds. The van der Waals surface area contributed by atoms with Gasteiger partial charge < -0.3 is 10.2 Å². The highest BCUT2D eigenvalue weighted by Gasteiger charge is 2.33. The molecule has 7 nitrogen and oxygen atoms in total. The van der Waals surface area contributed by atoms with Crippen molar-refractivity contribution in [2.24, 2.45) is 0 Å². The largest absolute Gasteiger partial charge is 0.352 e. The number of hydrogen-bond donors (Lipinski definition) is 1. The Balaban J connectivity index is 2.03. The molecule has 0 saturated carbocycles. The van der Waals surface area contributed by atoms with Gasteiger partial charge >= 0.3 is 0 Å². The van der Waals surface area contributed by atoms with E-state index in [1.165, 1.54) is 4.90 Å². The van der Waals surface area contributed by atoms with Crippen LogP contribution in [0.1, 0.15) is 38.3 Å². The quantitative estimate of drug-likeness (QED) is 0.337. The molecule has 3 aromatic carbocycles. The van der Waals surface area contributed by atoms with E-state index >= 15 is 0 Å². The van der Waals surface area contributed by atoms with Crippen LogP contribution in [0, 0.1) is 12.7 Å². The van der Waals surface area contributed by atoms with Gasteiger partial charge in [0.2, 0.25) is 11.8 Å². The zero-order chi connectivity index (χ0) is 28.7. The maximum atomic E-state index is 13.9. The fourth-order valence-corrected chi connectivity index (χ4v) is 5.44. The van der Waals surface area contributed by atoms with Crippen molar-refractivity contribution in [2.75, 3.05) is 10.8 Å². The Bertz CT molecular complexity index is 1400. The van der Waals surface area contributed by atoms with E-state index < -0.39 is 34.3 Å². The molecule has 0 aliphatic rings. The molecule has 0 aromatic heterocycles. The second-order valence-electron chi connectivity index (χ2n) is 9.41. The minimum atomic E-state index is -4.27. The Morgan fingerprint density at radius 1 is 0.974 bits per heavy atom. The fourth-order valence-electron chi connectivity index (χ4n) is 3.83. The molecule has 0 bridgehead atoms. The molecule has 39 heavy (non-hydrogen) atoms. The minimum absolute atomic E-state index is 0.00800. The van der Waals surface area contributed by atoms with Crippen LogP contribution >= 0.6 is 11.6 Å². The van der Waals surface area contributed by atoms with Gasteiger partial charge in [-0.3, -0.25) is 13.9 Å². The fraction of sp³-hybridized carbons (Fsp3) is 0.310. The van der Waals surface area contributed by atoms with Gasteiger partial charge in [-0.25, -0.2) is 12.8 Å². The molecule has 3 rings (SSSR count). The second-order valence-corrected chi connectivity index (χ2v) is 11.7. The van der Waals surface area contributed by atoms with Gasteiger partial charge in [-0.1, -0.05) is 54.4 Å². The summed E-state index contributed by atoms with van der Waals surface area (Å²) < 4.78 is 42.0. The van der Waals surface area contributed by atoms with Crippen LogP contribution < -0.4 is 9.62 Å². The van der Waals surface area contributed by atoms with Crippen molar-refractivity contribution < 1.29 is 22.4 Å². The normalized spacial score (nSPS) is 12.9. The van der Waals surface area contributed by atoms with Crippen LogP contribution in [0.15, 0.2) is 77.7 Å². The highest BCUT2D eigenvalue weighted by Crippen LogP contribution is 2.26. The SMILES string of the molecule is CC[C@@H](C)NC(=O)[C@H](C)N(Cc1ccccc1Cl)C(=O)CN(c1ccc(C)cc1)S(=O)(=O)c1ccc(F)cc1. The predicted molar refractivity (Wildman–Crippen MR) is 151 cm³/mol. The molecule has 0 unspecified atom stereocenters. The summed E-state index contributed by atoms with van der Waals surface area (Å²) in [6.45, 7) is 6.65. The second kappa shape index (κ2) is 13.1. The van der Waals surface area contributed by atoms with Crippen LogP contribution in [-0.2, 0) is 26.2 Å². The van der Waals surface area contributed by atoms with Gasteiger partial charge in [-0.05, 0) is 75.2 Å². The van der Waals surface area contributed by atoms with Crippen LogP contribution in [0.2, 0.25) is 5.02 Å². The monoisotopic (exact) mass is 573 g/mol. The zero-order valence-corrected chi connectivity index (χ0v) is 24.0. The number of nitrogens with zero attached hydrogens (tertiary/aromatic N) is 2. The summed E-state index contributed by atoms with van der Waals surface area (Å²) in [6, 6.07) is 17.0. The molecule has 0 aliphatic carbocycles. The van der Waals surface area contributed by atoms with Gasteiger partial charge in [-0.15, -0.1) is 0 Å². The summed E-state index contributed by atoms with van der Waals surface area (Å²) in [6.07, 6.45) is 0.702.